The van der Waals surface area contributed by atoms with Crippen molar-refractivity contribution in [2.75, 3.05) is 20.1 Å². The number of rotatable bonds is 7. The van der Waals surface area contributed by atoms with Crippen molar-refractivity contribution in [3.8, 4) is 0 Å². The molecule has 1 aromatic heterocycles. The summed E-state index contributed by atoms with van der Waals surface area (Å²) in [6.45, 7) is 2.13. The third-order valence-corrected chi connectivity index (χ3v) is 6.54. The first kappa shape index (κ1) is 20.8. The first-order valence-electron chi connectivity index (χ1n) is 9.18. The third kappa shape index (κ3) is 4.90. The Morgan fingerprint density at radius 3 is 2.55 bits per heavy atom. The Kier molecular flexibility index (Phi) is 6.14. The molecule has 0 fully saturated rings. The smallest absolute Gasteiger partial charge is 0.248 e. The molecule has 1 amide bonds. The Labute approximate surface area is 169 Å². The molecule has 3 aromatic rings. The van der Waals surface area contributed by atoms with E-state index >= 15 is 0 Å². The number of nitrogens with one attached hydrogen (secondary N) is 2. The molecular weight excluding hydrogens is 390 g/mol. The number of carbonyl (C=O) groups is 1. The van der Waals surface area contributed by atoms with Crippen LogP contribution in [0.3, 0.4) is 0 Å². The van der Waals surface area contributed by atoms with Gasteiger partial charge in [0.05, 0.1) is 11.4 Å². The van der Waals surface area contributed by atoms with Crippen LogP contribution in [0.1, 0.15) is 18.4 Å². The maximum absolute atomic E-state index is 12.8. The average molecular weight is 413 g/mol. The van der Waals surface area contributed by atoms with Gasteiger partial charge >= 0.3 is 0 Å². The first-order chi connectivity index (χ1) is 13.8. The normalized spacial score (nSPS) is 12.8. The van der Waals surface area contributed by atoms with Gasteiger partial charge in [-0.2, -0.15) is 4.31 Å². The molecule has 0 aliphatic rings. The van der Waals surface area contributed by atoms with Gasteiger partial charge in [-0.25, -0.2) is 8.42 Å². The summed E-state index contributed by atoms with van der Waals surface area (Å²) in [7, 11) is -2.48. The molecule has 3 rings (SSSR count). The van der Waals surface area contributed by atoms with Gasteiger partial charge in [0.1, 0.15) is 0 Å². The summed E-state index contributed by atoms with van der Waals surface area (Å²) in [5, 5.41) is 3.38. The summed E-state index contributed by atoms with van der Waals surface area (Å²) in [5.41, 5.74) is 1.39. The fourth-order valence-corrected chi connectivity index (χ4v) is 4.15. The van der Waals surface area contributed by atoms with E-state index in [-0.39, 0.29) is 28.8 Å². The number of nitrogens with zero attached hydrogens (tertiary/aromatic N) is 1. The fraction of sp³-hybridized carbons (Fsp3) is 0.238. The summed E-state index contributed by atoms with van der Waals surface area (Å²) in [6, 6.07) is 17.1. The minimum atomic E-state index is -3.85. The van der Waals surface area contributed by atoms with Crippen LogP contribution in [0, 0.1) is 0 Å². The van der Waals surface area contributed by atoms with Crippen molar-refractivity contribution < 1.29 is 13.2 Å². The number of hydrogen-bond acceptors (Lipinski definition) is 4. The van der Waals surface area contributed by atoms with E-state index in [1.807, 2.05) is 37.3 Å². The van der Waals surface area contributed by atoms with E-state index in [1.54, 1.807) is 12.1 Å². The van der Waals surface area contributed by atoms with Crippen LogP contribution in [0.2, 0.25) is 0 Å². The number of aromatic nitrogens is 1. The van der Waals surface area contributed by atoms with Gasteiger partial charge in [-0.3, -0.25) is 9.59 Å². The van der Waals surface area contributed by atoms with Crippen molar-refractivity contribution in [2.45, 2.75) is 17.7 Å². The lowest BCUT2D eigenvalue weighted by Gasteiger charge is -2.18. The molecule has 1 heterocycles. The van der Waals surface area contributed by atoms with Crippen molar-refractivity contribution in [3.63, 3.8) is 0 Å². The molecule has 2 aromatic carbocycles. The zero-order valence-corrected chi connectivity index (χ0v) is 17.1. The summed E-state index contributed by atoms with van der Waals surface area (Å²) >= 11 is 0. The van der Waals surface area contributed by atoms with Crippen molar-refractivity contribution in [1.29, 1.82) is 0 Å². The SMILES string of the molecule is CC(CNC(=O)CN(C)S(=O)(=O)c1ccc2[nH]c(=O)ccc2c1)c1ccccc1. The van der Waals surface area contributed by atoms with Crippen molar-refractivity contribution in [2.24, 2.45) is 0 Å². The highest BCUT2D eigenvalue weighted by molar-refractivity contribution is 7.89. The Hall–Kier alpha value is -2.97. The fourth-order valence-electron chi connectivity index (χ4n) is 2.98. The van der Waals surface area contributed by atoms with Crippen LogP contribution >= 0.6 is 0 Å². The molecule has 0 radical (unpaired) electrons. The number of likely N-dealkylation sites (N-methyl/N-ethyl adjacent to an activating group) is 1. The minimum Gasteiger partial charge on any atom is -0.354 e. The molecule has 0 aliphatic heterocycles. The van der Waals surface area contributed by atoms with Gasteiger partial charge in [0, 0.05) is 25.2 Å². The van der Waals surface area contributed by atoms with E-state index in [4.69, 9.17) is 0 Å². The number of pyridine rings is 1. The van der Waals surface area contributed by atoms with Crippen molar-refractivity contribution >= 4 is 26.8 Å². The molecule has 0 saturated carbocycles. The molecule has 29 heavy (non-hydrogen) atoms. The lowest BCUT2D eigenvalue weighted by Crippen LogP contribution is -2.39. The van der Waals surface area contributed by atoms with Crippen LogP contribution in [0.4, 0.5) is 0 Å². The Balaban J connectivity index is 1.65. The van der Waals surface area contributed by atoms with E-state index < -0.39 is 10.0 Å². The highest BCUT2D eigenvalue weighted by Crippen LogP contribution is 2.19. The molecule has 1 unspecified atom stereocenters. The number of hydrogen-bond donors (Lipinski definition) is 2. The standard InChI is InChI=1S/C21H23N3O4S/c1-15(16-6-4-3-5-7-16)13-22-21(26)14-24(2)29(27,28)18-9-10-19-17(12-18)8-11-20(25)23-19/h3-12,15H,13-14H2,1-2H3,(H,22,26)(H,23,25). The second-order valence-electron chi connectivity index (χ2n) is 6.95. The number of aromatic amines is 1. The van der Waals surface area contributed by atoms with Crippen LogP contribution in [0.5, 0.6) is 0 Å². The average Bonchev–Trinajstić information content (AvgIpc) is 2.72. The number of H-pyrrole nitrogens is 1. The number of benzene rings is 2. The zero-order valence-electron chi connectivity index (χ0n) is 16.3. The molecule has 7 nitrogen and oxygen atoms in total. The van der Waals surface area contributed by atoms with Crippen molar-refractivity contribution in [1.82, 2.24) is 14.6 Å². The zero-order chi connectivity index (χ0) is 21.0. The second-order valence-corrected chi connectivity index (χ2v) is 8.99. The van der Waals surface area contributed by atoms with Gasteiger partial charge in [0.15, 0.2) is 0 Å². The third-order valence-electron chi connectivity index (χ3n) is 4.74. The Morgan fingerprint density at radius 1 is 1.10 bits per heavy atom. The molecule has 0 saturated heterocycles. The van der Waals surface area contributed by atoms with Gasteiger partial charge in [0.2, 0.25) is 21.5 Å². The molecule has 0 spiro atoms. The minimum absolute atomic E-state index is 0.0602. The van der Waals surface area contributed by atoms with E-state index in [0.717, 1.165) is 9.87 Å². The van der Waals surface area contributed by atoms with Crippen LogP contribution in [0.25, 0.3) is 10.9 Å². The van der Waals surface area contributed by atoms with Crippen LogP contribution in [0.15, 0.2) is 70.4 Å². The van der Waals surface area contributed by atoms with Gasteiger partial charge in [-0.1, -0.05) is 37.3 Å². The molecule has 152 valence electrons. The Morgan fingerprint density at radius 2 is 1.83 bits per heavy atom. The van der Waals surface area contributed by atoms with Crippen LogP contribution < -0.4 is 10.9 Å². The largest absolute Gasteiger partial charge is 0.354 e. The summed E-state index contributed by atoms with van der Waals surface area (Å²) < 4.78 is 26.6. The Bertz CT molecular complexity index is 1170. The second kappa shape index (κ2) is 8.59. The predicted molar refractivity (Wildman–Crippen MR) is 112 cm³/mol. The number of carbonyl (C=O) groups excluding carboxylic acids is 1. The van der Waals surface area contributed by atoms with Gasteiger partial charge in [0.25, 0.3) is 0 Å². The van der Waals surface area contributed by atoms with E-state index in [2.05, 4.69) is 10.3 Å². The van der Waals surface area contributed by atoms with Gasteiger partial charge < -0.3 is 10.3 Å². The highest BCUT2D eigenvalue weighted by atomic mass is 32.2. The maximum Gasteiger partial charge on any atom is 0.248 e. The van der Waals surface area contributed by atoms with E-state index in [9.17, 15) is 18.0 Å². The summed E-state index contributed by atoms with van der Waals surface area (Å²) in [4.78, 5) is 26.3. The molecule has 2 N–H and O–H groups in total. The number of amides is 1. The molecule has 8 heteroatoms. The summed E-state index contributed by atoms with van der Waals surface area (Å²) in [6.07, 6.45) is 0. The monoisotopic (exact) mass is 413 g/mol. The van der Waals surface area contributed by atoms with E-state index in [0.29, 0.717) is 17.4 Å². The quantitative estimate of drug-likeness (QED) is 0.619. The van der Waals surface area contributed by atoms with E-state index in [1.165, 1.54) is 25.2 Å². The highest BCUT2D eigenvalue weighted by Gasteiger charge is 2.23. The number of fused-ring (bicyclic) bond motifs is 1. The topological polar surface area (TPSA) is 99.3 Å². The maximum atomic E-state index is 12.8. The molecule has 0 bridgehead atoms. The van der Waals surface area contributed by atoms with Gasteiger partial charge in [-0.05, 0) is 41.1 Å². The molecular formula is C21H23N3O4S. The van der Waals surface area contributed by atoms with Crippen molar-refractivity contribution in [3.05, 3.63) is 76.6 Å². The molecule has 1 atom stereocenters. The first-order valence-corrected chi connectivity index (χ1v) is 10.6. The number of sulfonamides is 1. The lowest BCUT2D eigenvalue weighted by atomic mass is 10.0. The van der Waals surface area contributed by atoms with Crippen LogP contribution in [-0.4, -0.2) is 43.8 Å². The molecule has 0 aliphatic carbocycles. The predicted octanol–water partition coefficient (Wildman–Crippen LogP) is 2.07. The van der Waals surface area contributed by atoms with Gasteiger partial charge in [-0.15, -0.1) is 0 Å². The van der Waals surface area contributed by atoms with Crippen LogP contribution in [-0.2, 0) is 14.8 Å². The summed E-state index contributed by atoms with van der Waals surface area (Å²) in [5.74, 6) is -0.256. The lowest BCUT2D eigenvalue weighted by molar-refractivity contribution is -0.121.